The van der Waals surface area contributed by atoms with E-state index in [0.717, 1.165) is 32.2 Å². The van der Waals surface area contributed by atoms with Crippen LogP contribution in [0.4, 0.5) is 0 Å². The van der Waals surface area contributed by atoms with E-state index in [1.165, 1.54) is 7.11 Å². The van der Waals surface area contributed by atoms with Gasteiger partial charge in [0.15, 0.2) is 11.5 Å². The lowest BCUT2D eigenvalue weighted by atomic mass is 10.2. The van der Waals surface area contributed by atoms with E-state index in [4.69, 9.17) is 25.8 Å². The smallest absolute Gasteiger partial charge is 0.179 e. The number of ether oxygens (including phenoxy) is 3. The van der Waals surface area contributed by atoms with Crippen LogP contribution in [0.3, 0.4) is 0 Å². The van der Waals surface area contributed by atoms with Gasteiger partial charge in [-0.15, -0.1) is 0 Å². The van der Waals surface area contributed by atoms with Crippen LogP contribution in [0.5, 0.6) is 11.5 Å². The van der Waals surface area contributed by atoms with Crippen LogP contribution in [-0.4, -0.2) is 32.7 Å². The highest BCUT2D eigenvalue weighted by Gasteiger charge is 2.17. The van der Waals surface area contributed by atoms with Crippen LogP contribution >= 0.6 is 11.6 Å². The van der Waals surface area contributed by atoms with Crippen molar-refractivity contribution >= 4 is 17.9 Å². The number of hydrogen-bond donors (Lipinski definition) is 0. The summed E-state index contributed by atoms with van der Waals surface area (Å²) in [4.78, 5) is 10.8. The van der Waals surface area contributed by atoms with E-state index in [9.17, 15) is 4.79 Å². The third-order valence-corrected chi connectivity index (χ3v) is 3.38. The summed E-state index contributed by atoms with van der Waals surface area (Å²) in [7, 11) is 1.52. The highest BCUT2D eigenvalue weighted by atomic mass is 35.5. The van der Waals surface area contributed by atoms with Crippen molar-refractivity contribution in [3.05, 3.63) is 22.7 Å². The molecule has 1 atom stereocenters. The number of methoxy groups -OCH3 is 1. The first kappa shape index (κ1) is 14.2. The predicted molar refractivity (Wildman–Crippen MR) is 72.5 cm³/mol. The quantitative estimate of drug-likeness (QED) is 0.753. The van der Waals surface area contributed by atoms with Gasteiger partial charge < -0.3 is 14.2 Å². The molecule has 1 aromatic carbocycles. The molecule has 19 heavy (non-hydrogen) atoms. The summed E-state index contributed by atoms with van der Waals surface area (Å²) >= 11 is 6.09. The molecule has 2 rings (SSSR count). The average Bonchev–Trinajstić information content (AvgIpc) is 2.93. The Morgan fingerprint density at radius 1 is 1.53 bits per heavy atom. The standard InChI is InChI=1S/C14H17ClO4/c1-17-13-8-10(9-16)7-12(15)14(13)19-6-4-11-3-2-5-18-11/h7-9,11H,2-6H2,1H3. The van der Waals surface area contributed by atoms with Gasteiger partial charge in [0.2, 0.25) is 0 Å². The van der Waals surface area contributed by atoms with Crippen molar-refractivity contribution < 1.29 is 19.0 Å². The molecule has 1 saturated heterocycles. The van der Waals surface area contributed by atoms with Crippen molar-refractivity contribution in [2.75, 3.05) is 20.3 Å². The summed E-state index contributed by atoms with van der Waals surface area (Å²) in [5.41, 5.74) is 0.466. The third kappa shape index (κ3) is 3.61. The Hall–Kier alpha value is -1.26. The molecule has 0 bridgehead atoms. The molecule has 0 amide bonds. The monoisotopic (exact) mass is 284 g/mol. The Morgan fingerprint density at radius 3 is 3.00 bits per heavy atom. The van der Waals surface area contributed by atoms with Crippen molar-refractivity contribution in [1.82, 2.24) is 0 Å². The summed E-state index contributed by atoms with van der Waals surface area (Å²) in [6.07, 6.45) is 4.03. The number of hydrogen-bond acceptors (Lipinski definition) is 4. The largest absolute Gasteiger partial charge is 0.493 e. The van der Waals surface area contributed by atoms with Crippen molar-refractivity contribution in [3.63, 3.8) is 0 Å². The molecule has 0 N–H and O–H groups in total. The van der Waals surface area contributed by atoms with Crippen LogP contribution in [0.1, 0.15) is 29.6 Å². The van der Waals surface area contributed by atoms with Gasteiger partial charge in [0.1, 0.15) is 6.29 Å². The third-order valence-electron chi connectivity index (χ3n) is 3.10. The van der Waals surface area contributed by atoms with Crippen molar-refractivity contribution in [2.45, 2.75) is 25.4 Å². The van der Waals surface area contributed by atoms with E-state index >= 15 is 0 Å². The summed E-state index contributed by atoms with van der Waals surface area (Å²) < 4.78 is 16.4. The zero-order valence-corrected chi connectivity index (χ0v) is 11.6. The fourth-order valence-corrected chi connectivity index (χ4v) is 2.39. The molecule has 4 nitrogen and oxygen atoms in total. The molecule has 1 heterocycles. The molecule has 0 aromatic heterocycles. The molecule has 1 aliphatic rings. The van der Waals surface area contributed by atoms with Crippen LogP contribution in [0.25, 0.3) is 0 Å². The minimum Gasteiger partial charge on any atom is -0.493 e. The summed E-state index contributed by atoms with van der Waals surface area (Å²) in [5, 5.41) is 0.383. The number of aldehydes is 1. The lowest BCUT2D eigenvalue weighted by Crippen LogP contribution is -2.11. The molecule has 1 aliphatic heterocycles. The number of halogens is 1. The maximum absolute atomic E-state index is 10.8. The Bertz CT molecular complexity index is 441. The van der Waals surface area contributed by atoms with Crippen LogP contribution in [-0.2, 0) is 4.74 Å². The highest BCUT2D eigenvalue weighted by Crippen LogP contribution is 2.36. The zero-order valence-electron chi connectivity index (χ0n) is 10.9. The van der Waals surface area contributed by atoms with Gasteiger partial charge in [-0.1, -0.05) is 11.6 Å². The lowest BCUT2D eigenvalue weighted by molar-refractivity contribution is 0.0899. The van der Waals surface area contributed by atoms with Gasteiger partial charge in [-0.05, 0) is 25.0 Å². The number of carbonyl (C=O) groups is 1. The van der Waals surface area contributed by atoms with E-state index in [2.05, 4.69) is 0 Å². The van der Waals surface area contributed by atoms with Crippen molar-refractivity contribution in [2.24, 2.45) is 0 Å². The highest BCUT2D eigenvalue weighted by molar-refractivity contribution is 6.32. The Labute approximate surface area is 117 Å². The molecule has 0 saturated carbocycles. The molecule has 0 radical (unpaired) electrons. The predicted octanol–water partition coefficient (Wildman–Crippen LogP) is 3.11. The van der Waals surface area contributed by atoms with Gasteiger partial charge in [-0.2, -0.15) is 0 Å². The fraction of sp³-hybridized carbons (Fsp3) is 0.500. The van der Waals surface area contributed by atoms with Crippen molar-refractivity contribution in [3.8, 4) is 11.5 Å². The van der Waals surface area contributed by atoms with Crippen LogP contribution in [0, 0.1) is 0 Å². The molecule has 5 heteroatoms. The molecule has 1 unspecified atom stereocenters. The fourth-order valence-electron chi connectivity index (χ4n) is 2.11. The van der Waals surface area contributed by atoms with Gasteiger partial charge >= 0.3 is 0 Å². The summed E-state index contributed by atoms with van der Waals surface area (Å²) in [6.45, 7) is 1.35. The Morgan fingerprint density at radius 2 is 2.37 bits per heavy atom. The van der Waals surface area contributed by atoms with E-state index in [0.29, 0.717) is 28.7 Å². The number of benzene rings is 1. The SMILES string of the molecule is COc1cc(C=O)cc(Cl)c1OCCC1CCCO1. The normalized spacial score (nSPS) is 18.3. The summed E-state index contributed by atoms with van der Waals surface area (Å²) in [6, 6.07) is 3.18. The summed E-state index contributed by atoms with van der Waals surface area (Å²) in [5.74, 6) is 0.953. The van der Waals surface area contributed by atoms with Crippen LogP contribution in [0.15, 0.2) is 12.1 Å². The topological polar surface area (TPSA) is 44.8 Å². The first-order chi connectivity index (χ1) is 9.24. The lowest BCUT2D eigenvalue weighted by Gasteiger charge is -2.14. The second-order valence-corrected chi connectivity index (χ2v) is 4.83. The second-order valence-electron chi connectivity index (χ2n) is 4.42. The first-order valence-electron chi connectivity index (χ1n) is 6.31. The first-order valence-corrected chi connectivity index (χ1v) is 6.69. The minimum atomic E-state index is 0.277. The van der Waals surface area contributed by atoms with Gasteiger partial charge in [0.25, 0.3) is 0 Å². The molecule has 0 aliphatic carbocycles. The van der Waals surface area contributed by atoms with Crippen LogP contribution in [0.2, 0.25) is 5.02 Å². The van der Waals surface area contributed by atoms with E-state index in [1.807, 2.05) is 0 Å². The molecule has 1 fully saturated rings. The number of carbonyl (C=O) groups excluding carboxylic acids is 1. The van der Waals surface area contributed by atoms with E-state index in [1.54, 1.807) is 12.1 Å². The molecule has 0 spiro atoms. The Kier molecular flexibility index (Phi) is 5.05. The minimum absolute atomic E-state index is 0.277. The number of rotatable bonds is 6. The van der Waals surface area contributed by atoms with Crippen LogP contribution < -0.4 is 9.47 Å². The van der Waals surface area contributed by atoms with Gasteiger partial charge in [-0.3, -0.25) is 4.79 Å². The maximum Gasteiger partial charge on any atom is 0.179 e. The molecular weight excluding hydrogens is 268 g/mol. The van der Waals surface area contributed by atoms with Gasteiger partial charge in [0.05, 0.1) is 24.8 Å². The second kappa shape index (κ2) is 6.78. The maximum atomic E-state index is 10.8. The van der Waals surface area contributed by atoms with Gasteiger partial charge in [-0.25, -0.2) is 0 Å². The van der Waals surface area contributed by atoms with E-state index in [-0.39, 0.29) is 6.10 Å². The Balaban J connectivity index is 1.99. The van der Waals surface area contributed by atoms with Crippen molar-refractivity contribution in [1.29, 1.82) is 0 Å². The van der Waals surface area contributed by atoms with Gasteiger partial charge in [0, 0.05) is 18.6 Å². The molecular formula is C14H17ClO4. The molecule has 104 valence electrons. The van der Waals surface area contributed by atoms with E-state index < -0.39 is 0 Å². The zero-order chi connectivity index (χ0) is 13.7. The molecule has 1 aromatic rings. The average molecular weight is 285 g/mol.